The van der Waals surface area contributed by atoms with Crippen molar-refractivity contribution in [2.75, 3.05) is 14.2 Å². The highest BCUT2D eigenvalue weighted by Gasteiger charge is 2.03. The number of hydrogen-bond donors (Lipinski definition) is 1. The van der Waals surface area contributed by atoms with Crippen LogP contribution in [0.5, 0.6) is 11.5 Å². The summed E-state index contributed by atoms with van der Waals surface area (Å²) in [5, 5.41) is 3.91. The molecule has 0 bridgehead atoms. The van der Waals surface area contributed by atoms with E-state index in [9.17, 15) is 4.79 Å². The molecule has 0 aliphatic carbocycles. The van der Waals surface area contributed by atoms with Crippen LogP contribution in [0.25, 0.3) is 0 Å². The Morgan fingerprint density at radius 1 is 1.14 bits per heavy atom. The Morgan fingerprint density at radius 3 is 2.33 bits per heavy atom. The summed E-state index contributed by atoms with van der Waals surface area (Å²) in [4.78, 5) is 15.6. The molecule has 21 heavy (non-hydrogen) atoms. The van der Waals surface area contributed by atoms with Gasteiger partial charge in [0.05, 0.1) is 20.4 Å². The lowest BCUT2D eigenvalue weighted by atomic mass is 10.2. The van der Waals surface area contributed by atoms with E-state index in [-0.39, 0.29) is 5.91 Å². The predicted molar refractivity (Wildman–Crippen MR) is 78.8 cm³/mol. The number of ether oxygens (including phenoxy) is 2. The number of hydrogen-bond acceptors (Lipinski definition) is 5. The number of benzene rings is 1. The molecule has 1 N–H and O–H groups in total. The van der Waals surface area contributed by atoms with Gasteiger partial charge in [0.1, 0.15) is 11.5 Å². The molecule has 0 aliphatic rings. The van der Waals surface area contributed by atoms with Gasteiger partial charge in [0.15, 0.2) is 0 Å². The zero-order valence-electron chi connectivity index (χ0n) is 11.7. The van der Waals surface area contributed by atoms with Crippen molar-refractivity contribution in [3.05, 3.63) is 53.9 Å². The minimum absolute atomic E-state index is 0.302. The molecule has 2 rings (SSSR count). The summed E-state index contributed by atoms with van der Waals surface area (Å²) in [5.74, 6) is 0.996. The molecule has 6 nitrogen and oxygen atoms in total. The van der Waals surface area contributed by atoms with Crippen molar-refractivity contribution in [3.8, 4) is 11.5 Å². The number of rotatable bonds is 5. The second-order valence-electron chi connectivity index (χ2n) is 4.08. The second-order valence-corrected chi connectivity index (χ2v) is 4.08. The van der Waals surface area contributed by atoms with Crippen molar-refractivity contribution in [2.45, 2.75) is 0 Å². The molecule has 0 saturated carbocycles. The number of hydrazone groups is 1. The largest absolute Gasteiger partial charge is 0.497 e. The van der Waals surface area contributed by atoms with Gasteiger partial charge < -0.3 is 9.47 Å². The molecule has 1 amide bonds. The maximum atomic E-state index is 11.8. The monoisotopic (exact) mass is 285 g/mol. The lowest BCUT2D eigenvalue weighted by molar-refractivity contribution is 0.0955. The third-order valence-electron chi connectivity index (χ3n) is 2.70. The number of aromatic nitrogens is 1. The highest BCUT2D eigenvalue weighted by molar-refractivity contribution is 5.94. The minimum Gasteiger partial charge on any atom is -0.497 e. The first-order chi connectivity index (χ1) is 10.2. The van der Waals surface area contributed by atoms with Crippen LogP contribution in [-0.4, -0.2) is 31.3 Å². The maximum absolute atomic E-state index is 11.8. The summed E-state index contributed by atoms with van der Waals surface area (Å²) in [5.41, 5.74) is 3.69. The van der Waals surface area contributed by atoms with Crippen molar-refractivity contribution in [3.63, 3.8) is 0 Å². The molecular formula is C15H15N3O3. The third kappa shape index (κ3) is 4.04. The predicted octanol–water partition coefficient (Wildman–Crippen LogP) is 1.86. The Labute approximate surface area is 122 Å². The van der Waals surface area contributed by atoms with Crippen LogP contribution in [-0.2, 0) is 0 Å². The average Bonchev–Trinajstić information content (AvgIpc) is 2.55. The van der Waals surface area contributed by atoms with Gasteiger partial charge >= 0.3 is 0 Å². The van der Waals surface area contributed by atoms with E-state index in [1.807, 2.05) is 0 Å². The highest BCUT2D eigenvalue weighted by atomic mass is 16.5. The Hall–Kier alpha value is -2.89. The fourth-order valence-corrected chi connectivity index (χ4v) is 1.64. The lowest BCUT2D eigenvalue weighted by Gasteiger charge is -2.05. The van der Waals surface area contributed by atoms with Gasteiger partial charge in [-0.15, -0.1) is 0 Å². The Bertz CT molecular complexity index is 620. The maximum Gasteiger partial charge on any atom is 0.271 e. The number of nitrogens with zero attached hydrogens (tertiary/aromatic N) is 2. The Kier molecular flexibility index (Phi) is 4.87. The molecule has 0 atom stereocenters. The van der Waals surface area contributed by atoms with E-state index in [2.05, 4.69) is 15.5 Å². The number of methoxy groups -OCH3 is 2. The van der Waals surface area contributed by atoms with Crippen molar-refractivity contribution in [1.82, 2.24) is 10.4 Å². The van der Waals surface area contributed by atoms with Crippen molar-refractivity contribution < 1.29 is 14.3 Å². The summed E-state index contributed by atoms with van der Waals surface area (Å²) in [7, 11) is 3.14. The summed E-state index contributed by atoms with van der Waals surface area (Å²) in [6.45, 7) is 0. The topological polar surface area (TPSA) is 72.8 Å². The van der Waals surface area contributed by atoms with Crippen LogP contribution in [0, 0.1) is 0 Å². The standard InChI is InChI=1S/C15H15N3O3/c1-20-13-7-11(8-14(9-13)21-2)10-17-18-15(19)12-3-5-16-6-4-12/h3-10H,1-2H3,(H,18,19). The Morgan fingerprint density at radius 2 is 1.76 bits per heavy atom. The lowest BCUT2D eigenvalue weighted by Crippen LogP contribution is -2.17. The molecular weight excluding hydrogens is 270 g/mol. The molecule has 0 aliphatic heterocycles. The van der Waals surface area contributed by atoms with Crippen molar-refractivity contribution >= 4 is 12.1 Å². The van der Waals surface area contributed by atoms with Gasteiger partial charge in [-0.3, -0.25) is 9.78 Å². The van der Waals surface area contributed by atoms with Gasteiger partial charge in [-0.05, 0) is 24.3 Å². The fourth-order valence-electron chi connectivity index (χ4n) is 1.64. The van der Waals surface area contributed by atoms with E-state index >= 15 is 0 Å². The molecule has 0 unspecified atom stereocenters. The van der Waals surface area contributed by atoms with Crippen LogP contribution in [0.1, 0.15) is 15.9 Å². The highest BCUT2D eigenvalue weighted by Crippen LogP contribution is 2.21. The summed E-state index contributed by atoms with van der Waals surface area (Å²) >= 11 is 0. The molecule has 6 heteroatoms. The second kappa shape index (κ2) is 7.04. The van der Waals surface area contributed by atoms with Crippen LogP contribution in [0.2, 0.25) is 0 Å². The van der Waals surface area contributed by atoms with E-state index in [4.69, 9.17) is 9.47 Å². The van der Waals surface area contributed by atoms with Gasteiger partial charge in [0.2, 0.25) is 0 Å². The quantitative estimate of drug-likeness (QED) is 0.672. The van der Waals surface area contributed by atoms with E-state index in [1.165, 1.54) is 6.21 Å². The van der Waals surface area contributed by atoms with E-state index in [0.29, 0.717) is 17.1 Å². The smallest absolute Gasteiger partial charge is 0.271 e. The van der Waals surface area contributed by atoms with E-state index < -0.39 is 0 Å². The van der Waals surface area contributed by atoms with Crippen LogP contribution in [0.15, 0.2) is 47.8 Å². The zero-order valence-corrected chi connectivity index (χ0v) is 11.7. The third-order valence-corrected chi connectivity index (χ3v) is 2.70. The normalized spacial score (nSPS) is 10.4. The molecule has 0 saturated heterocycles. The molecule has 1 aromatic carbocycles. The van der Waals surface area contributed by atoms with Crippen LogP contribution in [0.4, 0.5) is 0 Å². The SMILES string of the molecule is COc1cc(C=NNC(=O)c2ccncc2)cc(OC)c1. The fraction of sp³-hybridized carbons (Fsp3) is 0.133. The van der Waals surface area contributed by atoms with Crippen molar-refractivity contribution in [1.29, 1.82) is 0 Å². The number of nitrogens with one attached hydrogen (secondary N) is 1. The van der Waals surface area contributed by atoms with Gasteiger partial charge in [0, 0.05) is 29.6 Å². The molecule has 1 aromatic heterocycles. The average molecular weight is 285 g/mol. The van der Waals surface area contributed by atoms with Gasteiger partial charge in [-0.1, -0.05) is 0 Å². The number of carbonyl (C=O) groups is 1. The van der Waals surface area contributed by atoms with E-state index in [0.717, 1.165) is 5.56 Å². The number of pyridine rings is 1. The first kappa shape index (κ1) is 14.5. The van der Waals surface area contributed by atoms with Crippen molar-refractivity contribution in [2.24, 2.45) is 5.10 Å². The van der Waals surface area contributed by atoms with Gasteiger partial charge in [-0.2, -0.15) is 5.10 Å². The molecule has 0 spiro atoms. The summed E-state index contributed by atoms with van der Waals surface area (Å²) < 4.78 is 10.3. The van der Waals surface area contributed by atoms with Crippen LogP contribution in [0.3, 0.4) is 0 Å². The minimum atomic E-state index is -0.302. The first-order valence-electron chi connectivity index (χ1n) is 6.19. The van der Waals surface area contributed by atoms with E-state index in [1.54, 1.807) is 56.9 Å². The molecule has 0 fully saturated rings. The number of carbonyl (C=O) groups excluding carboxylic acids is 1. The molecule has 108 valence electrons. The zero-order chi connectivity index (χ0) is 15.1. The molecule has 0 radical (unpaired) electrons. The van der Waals surface area contributed by atoms with Gasteiger partial charge in [-0.25, -0.2) is 5.43 Å². The molecule has 1 heterocycles. The summed E-state index contributed by atoms with van der Waals surface area (Å²) in [6.07, 6.45) is 4.61. The van der Waals surface area contributed by atoms with Crippen LogP contribution < -0.4 is 14.9 Å². The number of amides is 1. The van der Waals surface area contributed by atoms with Crippen LogP contribution >= 0.6 is 0 Å². The molecule has 2 aromatic rings. The van der Waals surface area contributed by atoms with Gasteiger partial charge in [0.25, 0.3) is 5.91 Å². The Balaban J connectivity index is 2.06. The summed E-state index contributed by atoms with van der Waals surface area (Å²) in [6, 6.07) is 8.54. The first-order valence-corrected chi connectivity index (χ1v) is 6.19.